The highest BCUT2D eigenvalue weighted by Gasteiger charge is 2.26. The zero-order chi connectivity index (χ0) is 14.7. The second-order valence-corrected chi connectivity index (χ2v) is 5.09. The fourth-order valence-corrected chi connectivity index (χ4v) is 2.42. The zero-order valence-corrected chi connectivity index (χ0v) is 11.1. The minimum atomic E-state index is -1.23. The van der Waals surface area contributed by atoms with E-state index in [1.807, 2.05) is 0 Å². The Labute approximate surface area is 115 Å². The summed E-state index contributed by atoms with van der Waals surface area (Å²) in [6.45, 7) is 2.10. The smallest absolute Gasteiger partial charge is 0.354 e. The molecule has 0 spiro atoms. The number of carboxylic acid groups (broad SMARTS) is 1. The number of aromatic nitrogens is 1. The van der Waals surface area contributed by atoms with Crippen LogP contribution in [0.15, 0.2) is 12.1 Å². The van der Waals surface area contributed by atoms with E-state index in [1.54, 1.807) is 0 Å². The minimum absolute atomic E-state index is 0.144. The number of carboxylic acids is 1. The first-order chi connectivity index (χ1) is 9.47. The summed E-state index contributed by atoms with van der Waals surface area (Å²) in [6, 6.07) is 2.23. The molecular formula is C13H16N2O5. The Bertz CT molecular complexity index is 531. The van der Waals surface area contributed by atoms with Gasteiger partial charge >= 0.3 is 11.7 Å². The third-order valence-corrected chi connectivity index (χ3v) is 3.42. The number of nitro groups is 1. The first-order valence-corrected chi connectivity index (χ1v) is 6.52. The van der Waals surface area contributed by atoms with Gasteiger partial charge in [0.05, 0.1) is 4.92 Å². The fourth-order valence-electron chi connectivity index (χ4n) is 2.42. The van der Waals surface area contributed by atoms with Gasteiger partial charge in [-0.05, 0) is 31.2 Å². The maximum Gasteiger partial charge on any atom is 0.354 e. The lowest BCUT2D eigenvalue weighted by atomic mass is 9.89. The Morgan fingerprint density at radius 3 is 2.85 bits per heavy atom. The van der Waals surface area contributed by atoms with Gasteiger partial charge in [0.25, 0.3) is 5.88 Å². The summed E-state index contributed by atoms with van der Waals surface area (Å²) in [6.07, 6.45) is 3.58. The van der Waals surface area contributed by atoms with Gasteiger partial charge in [0.2, 0.25) is 0 Å². The van der Waals surface area contributed by atoms with Crippen LogP contribution >= 0.6 is 0 Å². The number of pyridine rings is 1. The molecule has 2 atom stereocenters. The van der Waals surface area contributed by atoms with Gasteiger partial charge in [0.15, 0.2) is 5.69 Å². The number of aromatic carboxylic acids is 1. The molecule has 1 aromatic heterocycles. The van der Waals surface area contributed by atoms with Crippen LogP contribution in [0.5, 0.6) is 5.88 Å². The molecule has 2 unspecified atom stereocenters. The van der Waals surface area contributed by atoms with Gasteiger partial charge in [-0.3, -0.25) is 10.1 Å². The Hall–Kier alpha value is -2.18. The average molecular weight is 280 g/mol. The normalized spacial score (nSPS) is 22.2. The van der Waals surface area contributed by atoms with Crippen LogP contribution in [0.25, 0.3) is 0 Å². The van der Waals surface area contributed by atoms with E-state index in [2.05, 4.69) is 11.9 Å². The highest BCUT2D eigenvalue weighted by Crippen LogP contribution is 2.31. The van der Waals surface area contributed by atoms with Gasteiger partial charge in [0.1, 0.15) is 6.10 Å². The van der Waals surface area contributed by atoms with Crippen molar-refractivity contribution in [2.24, 2.45) is 5.92 Å². The van der Waals surface area contributed by atoms with Gasteiger partial charge < -0.3 is 9.84 Å². The lowest BCUT2D eigenvalue weighted by Crippen LogP contribution is -2.25. The van der Waals surface area contributed by atoms with Crippen molar-refractivity contribution in [2.75, 3.05) is 0 Å². The molecule has 0 saturated heterocycles. The van der Waals surface area contributed by atoms with Crippen LogP contribution in [0.1, 0.15) is 43.1 Å². The topological polar surface area (TPSA) is 103 Å². The summed E-state index contributed by atoms with van der Waals surface area (Å²) in [7, 11) is 0. The molecule has 0 radical (unpaired) electrons. The molecule has 0 aromatic carbocycles. The standard InChI is InChI=1S/C13H16N2O5/c1-8-3-2-4-9(7-8)20-12-11(15(18)19)6-5-10(14-12)13(16)17/h5-6,8-9H,2-4,7H2,1H3,(H,16,17). The van der Waals surface area contributed by atoms with Gasteiger partial charge in [-0.15, -0.1) is 0 Å². The molecule has 0 aliphatic heterocycles. The Morgan fingerprint density at radius 2 is 2.25 bits per heavy atom. The van der Waals surface area contributed by atoms with E-state index < -0.39 is 10.9 Å². The SMILES string of the molecule is CC1CCCC(Oc2nc(C(=O)O)ccc2[N+](=O)[O-])C1. The zero-order valence-electron chi connectivity index (χ0n) is 11.1. The summed E-state index contributed by atoms with van der Waals surface area (Å²) >= 11 is 0. The molecule has 1 aromatic rings. The van der Waals surface area contributed by atoms with Crippen molar-refractivity contribution in [3.05, 3.63) is 27.9 Å². The number of hydrogen-bond acceptors (Lipinski definition) is 5. The largest absolute Gasteiger partial charge is 0.477 e. The van der Waals surface area contributed by atoms with Crippen molar-refractivity contribution in [3.8, 4) is 5.88 Å². The molecule has 2 rings (SSSR count). The third-order valence-electron chi connectivity index (χ3n) is 3.42. The number of rotatable bonds is 4. The van der Waals surface area contributed by atoms with Crippen molar-refractivity contribution in [2.45, 2.75) is 38.7 Å². The number of carbonyl (C=O) groups is 1. The van der Waals surface area contributed by atoms with Crippen LogP contribution in [-0.2, 0) is 0 Å². The molecule has 7 nitrogen and oxygen atoms in total. The molecule has 1 aliphatic rings. The fraction of sp³-hybridized carbons (Fsp3) is 0.538. The lowest BCUT2D eigenvalue weighted by Gasteiger charge is -2.26. The van der Waals surface area contributed by atoms with Crippen LogP contribution in [-0.4, -0.2) is 27.1 Å². The van der Waals surface area contributed by atoms with Crippen LogP contribution in [0.2, 0.25) is 0 Å². The molecular weight excluding hydrogens is 264 g/mol. The summed E-state index contributed by atoms with van der Waals surface area (Å²) in [5, 5.41) is 19.8. The van der Waals surface area contributed by atoms with Gasteiger partial charge in [-0.2, -0.15) is 0 Å². The quantitative estimate of drug-likeness (QED) is 0.671. The number of nitrogens with zero attached hydrogens (tertiary/aromatic N) is 2. The summed E-state index contributed by atoms with van der Waals surface area (Å²) < 4.78 is 5.59. The third kappa shape index (κ3) is 3.23. The molecule has 0 amide bonds. The van der Waals surface area contributed by atoms with Gasteiger partial charge in [-0.25, -0.2) is 9.78 Å². The van der Waals surface area contributed by atoms with Gasteiger partial charge in [0, 0.05) is 6.07 Å². The molecule has 108 valence electrons. The van der Waals surface area contributed by atoms with Crippen LogP contribution in [0.3, 0.4) is 0 Å². The molecule has 7 heteroatoms. The number of ether oxygens (including phenoxy) is 1. The highest BCUT2D eigenvalue weighted by atomic mass is 16.6. The summed E-state index contributed by atoms with van der Waals surface area (Å²) in [5.41, 5.74) is -0.553. The molecule has 1 aliphatic carbocycles. The van der Waals surface area contributed by atoms with Crippen LogP contribution in [0, 0.1) is 16.0 Å². The van der Waals surface area contributed by atoms with E-state index in [1.165, 1.54) is 0 Å². The predicted octanol–water partition coefficient (Wildman–Crippen LogP) is 2.65. The number of hydrogen-bond donors (Lipinski definition) is 1. The molecule has 1 saturated carbocycles. The van der Waals surface area contributed by atoms with Crippen molar-refractivity contribution < 1.29 is 19.6 Å². The highest BCUT2D eigenvalue weighted by molar-refractivity contribution is 5.85. The van der Waals surface area contributed by atoms with E-state index >= 15 is 0 Å². The Balaban J connectivity index is 2.25. The first-order valence-electron chi connectivity index (χ1n) is 6.52. The van der Waals surface area contributed by atoms with Crippen molar-refractivity contribution >= 4 is 11.7 Å². The molecule has 1 heterocycles. The van der Waals surface area contributed by atoms with Crippen molar-refractivity contribution in [3.63, 3.8) is 0 Å². The molecule has 1 fully saturated rings. The van der Waals surface area contributed by atoms with E-state index in [9.17, 15) is 14.9 Å². The second-order valence-electron chi connectivity index (χ2n) is 5.09. The Kier molecular flexibility index (Phi) is 4.16. The predicted molar refractivity (Wildman–Crippen MR) is 69.9 cm³/mol. The average Bonchev–Trinajstić information content (AvgIpc) is 2.38. The summed E-state index contributed by atoms with van der Waals surface area (Å²) in [4.78, 5) is 25.0. The first kappa shape index (κ1) is 14.2. The van der Waals surface area contributed by atoms with E-state index in [4.69, 9.17) is 9.84 Å². The van der Waals surface area contributed by atoms with Gasteiger partial charge in [-0.1, -0.05) is 13.3 Å². The minimum Gasteiger partial charge on any atom is -0.477 e. The Morgan fingerprint density at radius 1 is 1.50 bits per heavy atom. The molecule has 0 bridgehead atoms. The van der Waals surface area contributed by atoms with Crippen molar-refractivity contribution in [1.29, 1.82) is 0 Å². The maximum atomic E-state index is 10.9. The molecule has 1 N–H and O–H groups in total. The van der Waals surface area contributed by atoms with Crippen molar-refractivity contribution in [1.82, 2.24) is 4.98 Å². The second kappa shape index (κ2) is 5.85. The monoisotopic (exact) mass is 280 g/mol. The van der Waals surface area contributed by atoms with E-state index in [-0.39, 0.29) is 23.4 Å². The van der Waals surface area contributed by atoms with E-state index in [0.717, 1.165) is 37.8 Å². The molecule has 20 heavy (non-hydrogen) atoms. The van der Waals surface area contributed by atoms with E-state index in [0.29, 0.717) is 5.92 Å². The lowest BCUT2D eigenvalue weighted by molar-refractivity contribution is -0.386. The van der Waals surface area contributed by atoms with Crippen LogP contribution < -0.4 is 4.74 Å². The summed E-state index contributed by atoms with van der Waals surface area (Å²) in [5.74, 6) is -0.939. The van der Waals surface area contributed by atoms with Crippen LogP contribution in [0.4, 0.5) is 5.69 Å². The maximum absolute atomic E-state index is 10.9.